The lowest BCUT2D eigenvalue weighted by molar-refractivity contribution is -0.152. The van der Waals surface area contributed by atoms with Gasteiger partial charge in [-0.1, -0.05) is 24.3 Å². The zero-order chi connectivity index (χ0) is 73.1. The summed E-state index contributed by atoms with van der Waals surface area (Å²) >= 11 is 0. The maximum Gasteiger partial charge on any atom is 0.341 e. The molecule has 0 saturated carbocycles. The molecule has 96 heavy (non-hydrogen) atoms. The number of aliphatic hydroxyl groups is 4. The Labute approximate surface area is 546 Å². The summed E-state index contributed by atoms with van der Waals surface area (Å²) in [5, 5.41) is 110. The van der Waals surface area contributed by atoms with Crippen molar-refractivity contribution in [1.29, 1.82) is 0 Å². The maximum atomic E-state index is 11.6. The first-order chi connectivity index (χ1) is 44.7. The van der Waals surface area contributed by atoms with Crippen LogP contribution in [0.1, 0.15) is 103 Å². The third kappa shape index (κ3) is 35.4. The van der Waals surface area contributed by atoms with Crippen LogP contribution in [-0.4, -0.2) is 182 Å². The quantitative estimate of drug-likeness (QED) is 0.0162. The first-order valence-corrected chi connectivity index (χ1v) is 28.1. The largest absolute Gasteiger partial charge is 0.504 e. The Morgan fingerprint density at radius 2 is 0.594 bits per heavy atom. The van der Waals surface area contributed by atoms with Crippen molar-refractivity contribution >= 4 is 95.9 Å². The Hall–Kier alpha value is -11.5. The van der Waals surface area contributed by atoms with Crippen LogP contribution < -0.4 is 18.9 Å². The van der Waals surface area contributed by atoms with Gasteiger partial charge in [0.1, 0.15) is 0 Å². The van der Waals surface area contributed by atoms with Crippen LogP contribution in [0.2, 0.25) is 0 Å². The van der Waals surface area contributed by atoms with Crippen LogP contribution in [0.15, 0.2) is 97.1 Å². The van der Waals surface area contributed by atoms with Gasteiger partial charge in [0.15, 0.2) is 70.4 Å². The SMILES string of the molecule is CC(C)OC(=O)/C=C/c1ccc(O)c(OC(=O)C(O)CC(=O)O)c1.CC(C)OC(=O)/C=C/c1ccc(O)c(OC(=O)CC(O)C(=O)O)c1.CC(C)OC(=O)/C=C/c1ccc(OC(=O)C(O)CC(=O)O)c(O)c1.CC(C)OC(=O)/C=C/c1ccc(OC(=O)CC(O)C(=O)O)c(O)c1. The second-order valence-corrected chi connectivity index (χ2v) is 20.3. The summed E-state index contributed by atoms with van der Waals surface area (Å²) in [6.45, 7) is 13.6. The maximum absolute atomic E-state index is 11.6. The summed E-state index contributed by atoms with van der Waals surface area (Å²) in [6, 6.07) is 15.8. The van der Waals surface area contributed by atoms with E-state index in [9.17, 15) is 88.2 Å². The van der Waals surface area contributed by atoms with E-state index in [-0.39, 0.29) is 64.7 Å². The fraction of sp³-hybridized carbons (Fsp3) is 0.312. The highest BCUT2D eigenvalue weighted by Crippen LogP contribution is 2.31. The van der Waals surface area contributed by atoms with Crippen molar-refractivity contribution in [3.8, 4) is 46.0 Å². The second kappa shape index (κ2) is 41.9. The van der Waals surface area contributed by atoms with Crippen molar-refractivity contribution < 1.29 is 157 Å². The zero-order valence-electron chi connectivity index (χ0n) is 52.5. The molecule has 0 saturated heterocycles. The summed E-state index contributed by atoms with van der Waals surface area (Å²) in [4.78, 5) is 133. The van der Waals surface area contributed by atoms with Crippen molar-refractivity contribution in [3.05, 3.63) is 119 Å². The molecule has 4 rings (SSSR count). The first kappa shape index (κ1) is 82.5. The van der Waals surface area contributed by atoms with Crippen LogP contribution >= 0.6 is 0 Å². The van der Waals surface area contributed by atoms with Gasteiger partial charge in [0.05, 0.1) is 50.1 Å². The molecule has 0 radical (unpaired) electrons. The van der Waals surface area contributed by atoms with E-state index >= 15 is 0 Å². The van der Waals surface area contributed by atoms with Crippen molar-refractivity contribution in [2.75, 3.05) is 0 Å². The minimum absolute atomic E-state index is 0.195. The molecule has 0 spiro atoms. The van der Waals surface area contributed by atoms with E-state index in [0.717, 1.165) is 6.08 Å². The van der Waals surface area contributed by atoms with E-state index in [2.05, 4.69) is 0 Å². The number of aromatic hydroxyl groups is 4. The van der Waals surface area contributed by atoms with E-state index < -0.39 is 127 Å². The van der Waals surface area contributed by atoms with Crippen LogP contribution in [0, 0.1) is 0 Å². The molecular formula is C64H72O32. The van der Waals surface area contributed by atoms with Gasteiger partial charge < -0.3 is 99.2 Å². The molecule has 4 unspecified atom stereocenters. The average molecular weight is 1350 g/mol. The number of carboxylic acid groups (broad SMARTS) is 4. The first-order valence-electron chi connectivity index (χ1n) is 28.1. The number of hydrogen-bond acceptors (Lipinski definition) is 28. The van der Waals surface area contributed by atoms with Crippen LogP contribution in [0.5, 0.6) is 46.0 Å². The fourth-order valence-electron chi connectivity index (χ4n) is 6.29. The van der Waals surface area contributed by atoms with E-state index in [1.54, 1.807) is 55.4 Å². The smallest absolute Gasteiger partial charge is 0.341 e. The lowest BCUT2D eigenvalue weighted by Gasteiger charge is -2.10. The predicted molar refractivity (Wildman–Crippen MR) is 329 cm³/mol. The number of phenols is 4. The molecule has 0 aliphatic heterocycles. The van der Waals surface area contributed by atoms with Crippen LogP contribution in [0.4, 0.5) is 0 Å². The summed E-state index contributed by atoms with van der Waals surface area (Å²) in [6.07, 6.45) is -1.38. The van der Waals surface area contributed by atoms with E-state index in [1.165, 1.54) is 115 Å². The van der Waals surface area contributed by atoms with Crippen molar-refractivity contribution in [1.82, 2.24) is 0 Å². The van der Waals surface area contributed by atoms with Crippen LogP contribution in [0.25, 0.3) is 24.3 Å². The van der Waals surface area contributed by atoms with E-state index in [1.807, 2.05) is 0 Å². The Balaban J connectivity index is 0.000000640. The molecule has 32 nitrogen and oxygen atoms in total. The summed E-state index contributed by atoms with van der Waals surface area (Å²) in [5.41, 5.74) is 1.76. The average Bonchev–Trinajstić information content (AvgIpc) is 0.966. The topological polar surface area (TPSA) is 521 Å². The van der Waals surface area contributed by atoms with Gasteiger partial charge in [-0.3, -0.25) is 19.2 Å². The van der Waals surface area contributed by atoms with E-state index in [0.29, 0.717) is 22.3 Å². The zero-order valence-corrected chi connectivity index (χ0v) is 52.5. The van der Waals surface area contributed by atoms with Gasteiger partial charge in [-0.15, -0.1) is 0 Å². The molecule has 0 heterocycles. The van der Waals surface area contributed by atoms with Crippen molar-refractivity contribution in [2.45, 2.75) is 130 Å². The van der Waals surface area contributed by atoms with Gasteiger partial charge in [0.25, 0.3) is 0 Å². The van der Waals surface area contributed by atoms with Crippen LogP contribution in [0.3, 0.4) is 0 Å². The number of esters is 8. The standard InChI is InChI=1S/4C16H18O8/c1-9(2)23-15(21)6-4-10-3-5-13(11(17)7-10)24-16(22)12(18)8-14(19)20;1-9(2)23-14(19)6-4-10-3-5-13(11(17)7-10)24-15(20)8-12(18)16(21)22;1-9(2)23-15(21)6-4-10-3-5-11(17)13(7-10)24-16(22)12(18)8-14(19)20;1-9(2)23-14(19)6-4-10-3-5-11(17)13(7-10)24-15(20)8-12(18)16(21)22/h3-7,9,12,17-18H,8H2,1-2H3,(H,19,20);3-7,9,12,17-18H,8H2,1-2H3,(H,21,22);3-7,9,12,17-18H,8H2,1-2H3,(H,19,20);3-7,9,12,17-18H,8H2,1-2H3,(H,21,22)/b4*6-4+. The number of benzene rings is 4. The minimum atomic E-state index is -1.89. The van der Waals surface area contributed by atoms with Gasteiger partial charge in [-0.05, 0) is 150 Å². The minimum Gasteiger partial charge on any atom is -0.504 e. The molecule has 0 fully saturated rings. The second-order valence-electron chi connectivity index (χ2n) is 20.3. The number of aliphatic hydroxyl groups excluding tert-OH is 4. The van der Waals surface area contributed by atoms with Gasteiger partial charge >= 0.3 is 71.6 Å². The number of hydrogen-bond donors (Lipinski definition) is 12. The number of carbonyl (C=O) groups excluding carboxylic acids is 8. The molecule has 0 aliphatic carbocycles. The summed E-state index contributed by atoms with van der Waals surface area (Å²) in [7, 11) is 0. The Morgan fingerprint density at radius 1 is 0.333 bits per heavy atom. The highest BCUT2D eigenvalue weighted by atomic mass is 16.6. The molecule has 0 amide bonds. The molecule has 12 N–H and O–H groups in total. The fourth-order valence-corrected chi connectivity index (χ4v) is 6.29. The third-order valence-corrected chi connectivity index (χ3v) is 10.4. The summed E-state index contributed by atoms with van der Waals surface area (Å²) < 4.78 is 38.7. The number of carboxylic acids is 4. The van der Waals surface area contributed by atoms with Crippen molar-refractivity contribution in [2.24, 2.45) is 0 Å². The molecule has 4 atom stereocenters. The monoisotopic (exact) mass is 1350 g/mol. The lowest BCUT2D eigenvalue weighted by atomic mass is 10.2. The molecule has 4 aromatic rings. The number of aliphatic carboxylic acids is 4. The molecule has 520 valence electrons. The third-order valence-electron chi connectivity index (χ3n) is 10.4. The Morgan fingerprint density at radius 3 is 0.875 bits per heavy atom. The molecule has 32 heteroatoms. The summed E-state index contributed by atoms with van der Waals surface area (Å²) in [5.74, 6) is -15.0. The van der Waals surface area contributed by atoms with Gasteiger partial charge in [-0.2, -0.15) is 0 Å². The predicted octanol–water partition coefficient (Wildman–Crippen LogP) is 4.39. The van der Waals surface area contributed by atoms with Crippen molar-refractivity contribution in [3.63, 3.8) is 0 Å². The number of rotatable bonds is 28. The van der Waals surface area contributed by atoms with Gasteiger partial charge in [0.2, 0.25) is 0 Å². The number of ether oxygens (including phenoxy) is 8. The Kier molecular flexibility index (Phi) is 36.0. The highest BCUT2D eigenvalue weighted by Gasteiger charge is 2.25. The lowest BCUT2D eigenvalue weighted by Crippen LogP contribution is -2.28. The molecule has 4 aromatic carbocycles. The normalized spacial score (nSPS) is 12.2. The highest BCUT2D eigenvalue weighted by molar-refractivity contribution is 5.90. The molecule has 0 aromatic heterocycles. The molecular weight excluding hydrogens is 1280 g/mol. The van der Waals surface area contributed by atoms with E-state index in [4.69, 9.17) is 68.5 Å². The van der Waals surface area contributed by atoms with Gasteiger partial charge in [-0.25, -0.2) is 38.4 Å². The van der Waals surface area contributed by atoms with Gasteiger partial charge in [0, 0.05) is 24.3 Å². The molecule has 0 bridgehead atoms. The Bertz CT molecular complexity index is 3500. The number of carbonyl (C=O) groups is 12. The molecule has 0 aliphatic rings. The van der Waals surface area contributed by atoms with Crippen LogP contribution in [-0.2, 0) is 76.5 Å². The number of phenolic OH excluding ortho intramolecular Hbond substituents is 4.